The molecule has 0 amide bonds. The molecule has 2 N–H and O–H groups in total. The van der Waals surface area contributed by atoms with Crippen molar-refractivity contribution >= 4 is 57.2 Å². The van der Waals surface area contributed by atoms with E-state index >= 15 is 0 Å². The SMILES string of the molecule is CCc1cc(Nc2ncc(Br)c(Nc3ccc(-c4cnn(CC)n4)cc3P(C)(C)=O)n2)c(OC)cc1N1CCC(N2CCN(C)CC2)CC1. The highest BCUT2D eigenvalue weighted by molar-refractivity contribution is 9.10. The van der Waals surface area contributed by atoms with Crippen molar-refractivity contribution in [1.29, 1.82) is 0 Å². The van der Waals surface area contributed by atoms with Crippen LogP contribution in [0.1, 0.15) is 32.3 Å². The molecular formula is C35H48BrN10O2P. The number of likely N-dealkylation sites (N-methyl/N-ethyl adjacent to an activating group) is 1. The largest absolute Gasteiger partial charge is 0.494 e. The summed E-state index contributed by atoms with van der Waals surface area (Å²) >= 11 is 3.61. The Balaban J connectivity index is 1.21. The van der Waals surface area contributed by atoms with Gasteiger partial charge in [-0.25, -0.2) is 4.98 Å². The number of aryl methyl sites for hydroxylation is 2. The molecule has 4 aromatic rings. The molecule has 4 heterocycles. The lowest BCUT2D eigenvalue weighted by Crippen LogP contribution is -2.52. The Labute approximate surface area is 298 Å². The van der Waals surface area contributed by atoms with Crippen LogP contribution in [0.15, 0.2) is 47.2 Å². The number of piperazine rings is 1. The fraction of sp³-hybridized carbons (Fsp3) is 0.486. The molecule has 12 nitrogen and oxygen atoms in total. The fourth-order valence-electron chi connectivity index (χ4n) is 6.70. The van der Waals surface area contributed by atoms with E-state index in [0.29, 0.717) is 39.8 Å². The van der Waals surface area contributed by atoms with Crippen molar-refractivity contribution in [1.82, 2.24) is 34.8 Å². The maximum atomic E-state index is 13.5. The molecule has 49 heavy (non-hydrogen) atoms. The zero-order chi connectivity index (χ0) is 34.7. The molecule has 2 aromatic carbocycles. The van der Waals surface area contributed by atoms with E-state index in [1.807, 2.05) is 25.1 Å². The molecule has 262 valence electrons. The number of aromatic nitrogens is 5. The van der Waals surface area contributed by atoms with Crippen LogP contribution in [-0.4, -0.2) is 108 Å². The Hall–Kier alpha value is -3.51. The minimum absolute atomic E-state index is 0.414. The molecule has 2 aliphatic heterocycles. The highest BCUT2D eigenvalue weighted by Crippen LogP contribution is 2.41. The molecule has 2 saturated heterocycles. The first-order chi connectivity index (χ1) is 23.6. The zero-order valence-electron chi connectivity index (χ0n) is 29.4. The van der Waals surface area contributed by atoms with E-state index in [0.717, 1.165) is 55.3 Å². The summed E-state index contributed by atoms with van der Waals surface area (Å²) in [6, 6.07) is 10.8. The monoisotopic (exact) mass is 750 g/mol. The first-order valence-electron chi connectivity index (χ1n) is 17.1. The number of hydrogen-bond donors (Lipinski definition) is 2. The number of halogens is 1. The van der Waals surface area contributed by atoms with Crippen molar-refractivity contribution in [3.05, 3.63) is 52.8 Å². The maximum Gasteiger partial charge on any atom is 0.229 e. The van der Waals surface area contributed by atoms with Crippen molar-refractivity contribution in [2.24, 2.45) is 0 Å². The van der Waals surface area contributed by atoms with Gasteiger partial charge in [-0.05, 0) is 86.3 Å². The third kappa shape index (κ3) is 8.11. The smallest absolute Gasteiger partial charge is 0.229 e. The summed E-state index contributed by atoms with van der Waals surface area (Å²) in [5, 5.41) is 16.3. The fourth-order valence-corrected chi connectivity index (χ4v) is 8.15. The number of piperidine rings is 1. The number of hydrogen-bond acceptors (Lipinski definition) is 11. The van der Waals surface area contributed by atoms with Crippen molar-refractivity contribution in [3.63, 3.8) is 0 Å². The summed E-state index contributed by atoms with van der Waals surface area (Å²) in [6.45, 7) is 15.1. The van der Waals surface area contributed by atoms with Crippen molar-refractivity contribution in [2.45, 2.75) is 45.7 Å². The van der Waals surface area contributed by atoms with Gasteiger partial charge in [0.1, 0.15) is 24.4 Å². The molecule has 0 bridgehead atoms. The first kappa shape index (κ1) is 35.3. The molecule has 2 aromatic heterocycles. The molecule has 14 heteroatoms. The predicted octanol–water partition coefficient (Wildman–Crippen LogP) is 6.04. The van der Waals surface area contributed by atoms with Crippen LogP contribution in [0.2, 0.25) is 0 Å². The minimum atomic E-state index is -2.69. The number of methoxy groups -OCH3 is 1. The van der Waals surface area contributed by atoms with Gasteiger partial charge in [-0.3, -0.25) is 4.90 Å². The van der Waals surface area contributed by atoms with Crippen molar-refractivity contribution in [3.8, 4) is 17.0 Å². The first-order valence-corrected chi connectivity index (χ1v) is 20.5. The van der Waals surface area contributed by atoms with Gasteiger partial charge < -0.3 is 29.7 Å². The van der Waals surface area contributed by atoms with Gasteiger partial charge in [-0.2, -0.15) is 20.0 Å². The van der Waals surface area contributed by atoms with E-state index in [1.54, 1.807) is 37.6 Å². The van der Waals surface area contributed by atoms with Crippen molar-refractivity contribution < 1.29 is 9.30 Å². The number of rotatable bonds is 11. The maximum absolute atomic E-state index is 13.5. The molecule has 0 unspecified atom stereocenters. The Kier molecular flexibility index (Phi) is 10.9. The van der Waals surface area contributed by atoms with Crippen LogP contribution in [0.4, 0.5) is 28.8 Å². The van der Waals surface area contributed by atoms with E-state index in [4.69, 9.17) is 9.72 Å². The Bertz CT molecular complexity index is 1810. The topological polar surface area (TPSA) is 117 Å². The van der Waals surface area contributed by atoms with E-state index in [-0.39, 0.29) is 0 Å². The molecular weight excluding hydrogens is 703 g/mol. The van der Waals surface area contributed by atoms with E-state index in [9.17, 15) is 4.57 Å². The Morgan fingerprint density at radius 3 is 2.39 bits per heavy atom. The summed E-state index contributed by atoms with van der Waals surface area (Å²) < 4.78 is 20.1. The normalized spacial score (nSPS) is 16.6. The van der Waals surface area contributed by atoms with Crippen LogP contribution in [0, 0.1) is 0 Å². The quantitative estimate of drug-likeness (QED) is 0.175. The Morgan fingerprint density at radius 2 is 1.73 bits per heavy atom. The van der Waals surface area contributed by atoms with Gasteiger partial charge in [0.15, 0.2) is 0 Å². The molecule has 0 aliphatic carbocycles. The van der Waals surface area contributed by atoms with Crippen LogP contribution in [-0.2, 0) is 17.5 Å². The lowest BCUT2D eigenvalue weighted by molar-refractivity contribution is 0.0982. The number of anilines is 5. The molecule has 2 aliphatic rings. The highest BCUT2D eigenvalue weighted by atomic mass is 79.9. The van der Waals surface area contributed by atoms with Gasteiger partial charge in [-0.1, -0.05) is 13.0 Å². The predicted molar refractivity (Wildman–Crippen MR) is 203 cm³/mol. The van der Waals surface area contributed by atoms with E-state index in [1.165, 1.54) is 37.2 Å². The second-order valence-electron chi connectivity index (χ2n) is 13.2. The average molecular weight is 752 g/mol. The molecule has 6 rings (SSSR count). The summed E-state index contributed by atoms with van der Waals surface area (Å²) in [4.78, 5) is 18.6. The van der Waals surface area contributed by atoms with Crippen LogP contribution in [0.3, 0.4) is 0 Å². The lowest BCUT2D eigenvalue weighted by atomic mass is 9.99. The summed E-state index contributed by atoms with van der Waals surface area (Å²) in [6.07, 6.45) is 6.68. The van der Waals surface area contributed by atoms with Gasteiger partial charge in [0.05, 0.1) is 35.7 Å². The lowest BCUT2D eigenvalue weighted by Gasteiger charge is -2.43. The van der Waals surface area contributed by atoms with Gasteiger partial charge in [0.25, 0.3) is 0 Å². The molecule has 0 radical (unpaired) electrons. The number of benzene rings is 2. The van der Waals surface area contributed by atoms with Crippen LogP contribution < -0.4 is 25.6 Å². The van der Waals surface area contributed by atoms with Crippen LogP contribution in [0.5, 0.6) is 5.75 Å². The highest BCUT2D eigenvalue weighted by Gasteiger charge is 2.28. The van der Waals surface area contributed by atoms with E-state index < -0.39 is 7.14 Å². The van der Waals surface area contributed by atoms with Gasteiger partial charge in [0.2, 0.25) is 5.95 Å². The molecule has 0 saturated carbocycles. The molecule has 0 atom stereocenters. The standard InChI is InChI=1S/C35H48BrN10O2P/c1-7-24-19-29(32(48-4)21-31(24)45-13-11-26(12-14-45)44-17-15-43(3)16-18-44)40-35-37-22-27(36)34(41-35)39-28-10-9-25(20-33(28)49(5,6)47)30-23-38-46(8-2)42-30/h9-10,19-23,26H,7-8,11-18H2,1-6H3,(H2,37,39,40,41). The summed E-state index contributed by atoms with van der Waals surface area (Å²) in [5.74, 6) is 1.70. The molecule has 0 spiro atoms. The van der Waals surface area contributed by atoms with E-state index in [2.05, 4.69) is 82.5 Å². The third-order valence-corrected chi connectivity index (χ3v) is 11.7. The summed E-state index contributed by atoms with van der Waals surface area (Å²) in [5.41, 5.74) is 5.59. The van der Waals surface area contributed by atoms with Gasteiger partial charge in [0, 0.05) is 74.1 Å². The number of nitrogens with one attached hydrogen (secondary N) is 2. The second-order valence-corrected chi connectivity index (χ2v) is 17.3. The Morgan fingerprint density at radius 1 is 0.980 bits per heavy atom. The van der Waals surface area contributed by atoms with Crippen LogP contribution in [0.25, 0.3) is 11.3 Å². The average Bonchev–Trinajstić information content (AvgIpc) is 3.59. The number of ether oxygens (including phenoxy) is 1. The van der Waals surface area contributed by atoms with Crippen molar-refractivity contribution in [2.75, 3.05) is 82.3 Å². The molecule has 2 fully saturated rings. The summed E-state index contributed by atoms with van der Waals surface area (Å²) in [7, 11) is 1.23. The van der Waals surface area contributed by atoms with Gasteiger partial charge >= 0.3 is 0 Å². The van der Waals surface area contributed by atoms with Crippen LogP contribution >= 0.6 is 23.1 Å². The third-order valence-electron chi connectivity index (χ3n) is 9.58. The second kappa shape index (κ2) is 15.2. The minimum Gasteiger partial charge on any atom is -0.494 e. The number of nitrogens with zero attached hydrogens (tertiary/aromatic N) is 8. The van der Waals surface area contributed by atoms with Gasteiger partial charge in [-0.15, -0.1) is 0 Å². The zero-order valence-corrected chi connectivity index (χ0v) is 31.9.